The summed E-state index contributed by atoms with van der Waals surface area (Å²) in [5.41, 5.74) is 0. The fraction of sp³-hybridized carbons (Fsp3) is 0.467. The summed E-state index contributed by atoms with van der Waals surface area (Å²) >= 11 is 0. The largest absolute Gasteiger partial charge is 0.454 e. The van der Waals surface area contributed by atoms with Crippen molar-refractivity contribution in [1.82, 2.24) is 14.5 Å². The Balaban J connectivity index is 1.47. The Kier molecular flexibility index (Phi) is 4.00. The molecular formula is C15H18N4O5S. The average Bonchev–Trinajstić information content (AvgIpc) is 3.30. The average molecular weight is 366 g/mol. The predicted octanol–water partition coefficient (Wildman–Crippen LogP) is 0.872. The van der Waals surface area contributed by atoms with Crippen molar-refractivity contribution >= 4 is 16.0 Å². The number of rotatable bonds is 4. The van der Waals surface area contributed by atoms with Gasteiger partial charge in [0, 0.05) is 38.7 Å². The van der Waals surface area contributed by atoms with Gasteiger partial charge in [-0.2, -0.15) is 4.31 Å². The van der Waals surface area contributed by atoms with E-state index >= 15 is 0 Å². The van der Waals surface area contributed by atoms with E-state index in [-0.39, 0.29) is 11.7 Å². The molecule has 0 atom stereocenters. The van der Waals surface area contributed by atoms with Gasteiger partial charge in [0.2, 0.25) is 22.7 Å². The molecule has 3 heterocycles. The molecule has 9 nitrogen and oxygen atoms in total. The van der Waals surface area contributed by atoms with Gasteiger partial charge in [-0.15, -0.1) is 5.10 Å². The van der Waals surface area contributed by atoms with Crippen molar-refractivity contribution in [3.05, 3.63) is 24.1 Å². The van der Waals surface area contributed by atoms with Crippen LogP contribution in [0.15, 0.2) is 27.5 Å². The van der Waals surface area contributed by atoms with E-state index in [0.717, 1.165) is 0 Å². The zero-order valence-corrected chi connectivity index (χ0v) is 14.5. The minimum Gasteiger partial charge on any atom is -0.454 e. The first-order valence-electron chi connectivity index (χ1n) is 8.05. The SMILES string of the molecule is CCc1nnc(N2CCN(S(=O)(=O)c3ccc4c(c3)OCO4)CC2)o1. The van der Waals surface area contributed by atoms with Gasteiger partial charge < -0.3 is 18.8 Å². The molecule has 1 aromatic carbocycles. The highest BCUT2D eigenvalue weighted by atomic mass is 32.2. The molecule has 0 unspecified atom stereocenters. The van der Waals surface area contributed by atoms with Crippen molar-refractivity contribution in [2.75, 3.05) is 37.9 Å². The van der Waals surface area contributed by atoms with Crippen LogP contribution in [0.3, 0.4) is 0 Å². The number of nitrogens with zero attached hydrogens (tertiary/aromatic N) is 4. The molecule has 1 fully saturated rings. The van der Waals surface area contributed by atoms with Gasteiger partial charge in [-0.25, -0.2) is 8.42 Å². The molecule has 0 N–H and O–H groups in total. The Bertz CT molecular complexity index is 874. The minimum absolute atomic E-state index is 0.113. The molecule has 2 aromatic rings. The van der Waals surface area contributed by atoms with Gasteiger partial charge in [0.1, 0.15) is 0 Å². The summed E-state index contributed by atoms with van der Waals surface area (Å²) in [5.74, 6) is 1.59. The maximum atomic E-state index is 12.8. The van der Waals surface area contributed by atoms with Crippen LogP contribution in [0.1, 0.15) is 12.8 Å². The molecule has 4 rings (SSSR count). The Labute approximate surface area is 145 Å². The molecule has 0 saturated carbocycles. The third-order valence-corrected chi connectivity index (χ3v) is 6.14. The summed E-state index contributed by atoms with van der Waals surface area (Å²) in [5, 5.41) is 7.95. The number of fused-ring (bicyclic) bond motifs is 1. The normalized spacial score (nSPS) is 17.9. The summed E-state index contributed by atoms with van der Waals surface area (Å²) in [4.78, 5) is 2.11. The van der Waals surface area contributed by atoms with Crippen LogP contribution in [0.5, 0.6) is 11.5 Å². The Hall–Kier alpha value is -2.33. The van der Waals surface area contributed by atoms with Crippen LogP contribution in [-0.2, 0) is 16.4 Å². The number of hydrogen-bond acceptors (Lipinski definition) is 8. The molecule has 0 amide bonds. The van der Waals surface area contributed by atoms with Crippen molar-refractivity contribution in [2.45, 2.75) is 18.2 Å². The number of ether oxygens (including phenoxy) is 2. The number of hydrogen-bond donors (Lipinski definition) is 0. The molecule has 0 spiro atoms. The number of sulfonamides is 1. The maximum Gasteiger partial charge on any atom is 0.318 e. The van der Waals surface area contributed by atoms with E-state index in [1.807, 2.05) is 11.8 Å². The number of aryl methyl sites for hydroxylation is 1. The summed E-state index contributed by atoms with van der Waals surface area (Å²) in [6, 6.07) is 5.11. The second-order valence-electron chi connectivity index (χ2n) is 5.74. The van der Waals surface area contributed by atoms with Crippen LogP contribution < -0.4 is 14.4 Å². The fourth-order valence-corrected chi connectivity index (χ4v) is 4.26. The number of piperazine rings is 1. The lowest BCUT2D eigenvalue weighted by Crippen LogP contribution is -2.48. The third-order valence-electron chi connectivity index (χ3n) is 4.25. The molecule has 0 bridgehead atoms. The van der Waals surface area contributed by atoms with E-state index < -0.39 is 10.0 Å². The van der Waals surface area contributed by atoms with Crippen LogP contribution in [0, 0.1) is 0 Å². The highest BCUT2D eigenvalue weighted by Gasteiger charge is 2.31. The van der Waals surface area contributed by atoms with Crippen LogP contribution in [-0.4, -0.2) is 55.9 Å². The van der Waals surface area contributed by atoms with Crippen LogP contribution in [0.25, 0.3) is 0 Å². The first-order valence-corrected chi connectivity index (χ1v) is 9.49. The van der Waals surface area contributed by atoms with Gasteiger partial charge in [0.05, 0.1) is 4.90 Å². The predicted molar refractivity (Wildman–Crippen MR) is 87.2 cm³/mol. The first-order chi connectivity index (χ1) is 12.1. The molecule has 10 heteroatoms. The van der Waals surface area contributed by atoms with E-state index in [1.54, 1.807) is 12.1 Å². The van der Waals surface area contributed by atoms with E-state index in [0.29, 0.717) is 56.0 Å². The Morgan fingerprint density at radius 1 is 1.08 bits per heavy atom. The standard InChI is InChI=1S/C15H18N4O5S/c1-2-14-16-17-15(24-14)18-5-7-19(8-6-18)25(20,21)11-3-4-12-13(9-11)23-10-22-12/h3-4,9H,2,5-8,10H2,1H3. The molecule has 0 aliphatic carbocycles. The Morgan fingerprint density at radius 2 is 1.84 bits per heavy atom. The van der Waals surface area contributed by atoms with Gasteiger partial charge in [0.15, 0.2) is 11.5 Å². The molecule has 134 valence electrons. The van der Waals surface area contributed by atoms with E-state index in [2.05, 4.69) is 10.2 Å². The highest BCUT2D eigenvalue weighted by molar-refractivity contribution is 7.89. The van der Waals surface area contributed by atoms with Gasteiger partial charge in [0.25, 0.3) is 0 Å². The highest BCUT2D eigenvalue weighted by Crippen LogP contribution is 2.34. The molecule has 0 radical (unpaired) electrons. The summed E-state index contributed by atoms with van der Waals surface area (Å²) in [7, 11) is -3.58. The lowest BCUT2D eigenvalue weighted by Gasteiger charge is -2.32. The summed E-state index contributed by atoms with van der Waals surface area (Å²) in [6.07, 6.45) is 0.672. The second kappa shape index (κ2) is 6.19. The van der Waals surface area contributed by atoms with Crippen molar-refractivity contribution in [1.29, 1.82) is 0 Å². The van der Waals surface area contributed by atoms with Gasteiger partial charge in [-0.05, 0) is 12.1 Å². The zero-order valence-electron chi connectivity index (χ0n) is 13.7. The molecule has 2 aliphatic heterocycles. The number of benzene rings is 1. The zero-order chi connectivity index (χ0) is 17.4. The van der Waals surface area contributed by atoms with Crippen LogP contribution >= 0.6 is 0 Å². The monoisotopic (exact) mass is 366 g/mol. The van der Waals surface area contributed by atoms with Crippen molar-refractivity contribution < 1.29 is 22.3 Å². The minimum atomic E-state index is -3.58. The maximum absolute atomic E-state index is 12.8. The van der Waals surface area contributed by atoms with E-state index in [4.69, 9.17) is 13.9 Å². The van der Waals surface area contributed by atoms with Gasteiger partial charge in [-0.3, -0.25) is 0 Å². The number of anilines is 1. The lowest BCUT2D eigenvalue weighted by atomic mass is 10.3. The van der Waals surface area contributed by atoms with Gasteiger partial charge >= 0.3 is 6.01 Å². The van der Waals surface area contributed by atoms with Gasteiger partial charge in [-0.1, -0.05) is 12.0 Å². The summed E-state index contributed by atoms with van der Waals surface area (Å²) < 4.78 is 43.2. The second-order valence-corrected chi connectivity index (χ2v) is 7.68. The molecule has 1 aromatic heterocycles. The quantitative estimate of drug-likeness (QED) is 0.786. The molecule has 2 aliphatic rings. The molecule has 25 heavy (non-hydrogen) atoms. The van der Waals surface area contributed by atoms with Crippen LogP contribution in [0.4, 0.5) is 6.01 Å². The number of aromatic nitrogens is 2. The lowest BCUT2D eigenvalue weighted by molar-refractivity contribution is 0.174. The summed E-state index contributed by atoms with van der Waals surface area (Å²) in [6.45, 7) is 3.74. The molecular weight excluding hydrogens is 348 g/mol. The topological polar surface area (TPSA) is 98.0 Å². The fourth-order valence-electron chi connectivity index (χ4n) is 2.82. The smallest absolute Gasteiger partial charge is 0.318 e. The van der Waals surface area contributed by atoms with Crippen molar-refractivity contribution in [3.8, 4) is 11.5 Å². The van der Waals surface area contributed by atoms with Crippen LogP contribution in [0.2, 0.25) is 0 Å². The van der Waals surface area contributed by atoms with Crippen molar-refractivity contribution in [3.63, 3.8) is 0 Å². The van der Waals surface area contributed by atoms with E-state index in [9.17, 15) is 8.42 Å². The van der Waals surface area contributed by atoms with Crippen molar-refractivity contribution in [2.24, 2.45) is 0 Å². The first kappa shape index (κ1) is 16.2. The molecule has 1 saturated heterocycles. The van der Waals surface area contributed by atoms with E-state index in [1.165, 1.54) is 10.4 Å². The Morgan fingerprint density at radius 3 is 2.56 bits per heavy atom. The third kappa shape index (κ3) is 2.91.